The van der Waals surface area contributed by atoms with Crippen molar-refractivity contribution >= 4 is 11.8 Å². The van der Waals surface area contributed by atoms with Crippen LogP contribution >= 0.6 is 11.8 Å². The van der Waals surface area contributed by atoms with Gasteiger partial charge in [0.05, 0.1) is 0 Å². The van der Waals surface area contributed by atoms with Crippen LogP contribution in [0.5, 0.6) is 0 Å². The maximum absolute atomic E-state index is 5.41. The summed E-state index contributed by atoms with van der Waals surface area (Å²) in [6.07, 6.45) is 13.3. The number of aryl methyl sites for hydroxylation is 1. The number of rotatable bonds is 13. The van der Waals surface area contributed by atoms with Gasteiger partial charge in [0, 0.05) is 34.5 Å². The van der Waals surface area contributed by atoms with E-state index in [0.29, 0.717) is 12.5 Å². The van der Waals surface area contributed by atoms with Crippen LogP contribution < -0.4 is 11.1 Å². The molecule has 3 heteroatoms. The van der Waals surface area contributed by atoms with Crippen LogP contribution in [-0.4, -0.2) is 13.1 Å². The highest BCUT2D eigenvalue weighted by molar-refractivity contribution is 7.99. The molecule has 33 heavy (non-hydrogen) atoms. The van der Waals surface area contributed by atoms with E-state index in [9.17, 15) is 0 Å². The molecule has 0 radical (unpaired) electrons. The van der Waals surface area contributed by atoms with E-state index in [4.69, 9.17) is 5.73 Å². The van der Waals surface area contributed by atoms with Gasteiger partial charge in [-0.3, -0.25) is 0 Å². The Morgan fingerprint density at radius 2 is 1.55 bits per heavy atom. The quantitative estimate of drug-likeness (QED) is 0.290. The Bertz CT molecular complexity index is 830. The van der Waals surface area contributed by atoms with Crippen molar-refractivity contribution in [3.05, 3.63) is 71.4 Å². The normalized spacial score (nSPS) is 14.0. The Kier molecular flexibility index (Phi) is 13.4. The van der Waals surface area contributed by atoms with Crippen molar-refractivity contribution in [3.8, 4) is 0 Å². The fourth-order valence-corrected chi connectivity index (χ4v) is 5.49. The number of benzene rings is 2. The molecule has 0 fully saturated rings. The van der Waals surface area contributed by atoms with Crippen molar-refractivity contribution in [2.24, 2.45) is 5.73 Å². The number of hydrogen-bond donors (Lipinski definition) is 2. The summed E-state index contributed by atoms with van der Waals surface area (Å²) < 4.78 is 0. The van der Waals surface area contributed by atoms with Gasteiger partial charge in [0.15, 0.2) is 0 Å². The highest BCUT2D eigenvalue weighted by Crippen LogP contribution is 2.47. The van der Waals surface area contributed by atoms with Crippen molar-refractivity contribution < 1.29 is 0 Å². The predicted octanol–water partition coefficient (Wildman–Crippen LogP) is 8.58. The third-order valence-corrected chi connectivity index (χ3v) is 7.49. The first-order valence-electron chi connectivity index (χ1n) is 13.1. The smallest absolute Gasteiger partial charge is 0.0322 e. The fraction of sp³-hybridized carbons (Fsp3) is 0.533. The number of hydrogen-bond acceptors (Lipinski definition) is 3. The summed E-state index contributed by atoms with van der Waals surface area (Å²) in [5.74, 6) is 0.590. The minimum absolute atomic E-state index is 0.552. The van der Waals surface area contributed by atoms with Crippen LogP contribution in [0, 0.1) is 6.92 Å². The molecule has 1 aliphatic heterocycles. The van der Waals surface area contributed by atoms with E-state index in [1.165, 1.54) is 90.7 Å². The molecule has 0 saturated carbocycles. The molecule has 3 N–H and O–H groups in total. The first-order chi connectivity index (χ1) is 16.1. The highest BCUT2D eigenvalue weighted by atomic mass is 32.2. The van der Waals surface area contributed by atoms with Gasteiger partial charge in [-0.05, 0) is 43.0 Å². The van der Waals surface area contributed by atoms with Gasteiger partial charge in [-0.2, -0.15) is 0 Å². The first kappa shape index (κ1) is 27.5. The Morgan fingerprint density at radius 3 is 2.27 bits per heavy atom. The Hall–Kier alpha value is -1.71. The minimum atomic E-state index is 0.552. The Balaban J connectivity index is 0.000000248. The van der Waals surface area contributed by atoms with Gasteiger partial charge >= 0.3 is 0 Å². The van der Waals surface area contributed by atoms with Gasteiger partial charge in [-0.25, -0.2) is 0 Å². The number of nitrogens with one attached hydrogen (secondary N) is 1. The lowest BCUT2D eigenvalue weighted by molar-refractivity contribution is 0.578. The third kappa shape index (κ3) is 9.59. The van der Waals surface area contributed by atoms with Crippen LogP contribution in [0.2, 0.25) is 0 Å². The van der Waals surface area contributed by atoms with Gasteiger partial charge in [0.2, 0.25) is 0 Å². The topological polar surface area (TPSA) is 38.0 Å². The van der Waals surface area contributed by atoms with E-state index >= 15 is 0 Å². The maximum atomic E-state index is 5.41. The SMILES string of the molecule is C=C(CN)NCCCCCCCCC.CCCCC1c2ccccc2Sc2ccc(C)cc21. The van der Waals surface area contributed by atoms with Crippen LogP contribution in [0.4, 0.5) is 0 Å². The monoisotopic (exact) mass is 466 g/mol. The lowest BCUT2D eigenvalue weighted by Gasteiger charge is -2.28. The van der Waals surface area contributed by atoms with E-state index < -0.39 is 0 Å². The largest absolute Gasteiger partial charge is 0.388 e. The molecule has 1 aliphatic rings. The average Bonchev–Trinajstić information content (AvgIpc) is 2.84. The summed E-state index contributed by atoms with van der Waals surface area (Å²) >= 11 is 1.93. The van der Waals surface area contributed by atoms with E-state index in [2.05, 4.69) is 75.1 Å². The summed E-state index contributed by atoms with van der Waals surface area (Å²) in [6.45, 7) is 12.1. The van der Waals surface area contributed by atoms with Crippen LogP contribution in [0.25, 0.3) is 0 Å². The molecule has 0 bridgehead atoms. The fourth-order valence-electron chi connectivity index (χ4n) is 4.32. The summed E-state index contributed by atoms with van der Waals surface area (Å²) in [4.78, 5) is 2.89. The summed E-state index contributed by atoms with van der Waals surface area (Å²) in [6, 6.07) is 15.8. The average molecular weight is 467 g/mol. The first-order valence-corrected chi connectivity index (χ1v) is 13.9. The zero-order valence-corrected chi connectivity index (χ0v) is 22.1. The van der Waals surface area contributed by atoms with Crippen molar-refractivity contribution in [1.82, 2.24) is 5.32 Å². The van der Waals surface area contributed by atoms with Crippen molar-refractivity contribution in [1.29, 1.82) is 0 Å². The standard InChI is InChI=1S/C18H20S.C12H26N2/c1-3-4-7-14-15-8-5-6-9-17(15)19-18-11-10-13(2)12-16(14)18;1-3-4-5-6-7-8-9-10-14-12(2)11-13/h5-6,8-12,14H,3-4,7H2,1-2H3;14H,2-11,13H2,1H3. The molecule has 1 unspecified atom stereocenters. The highest BCUT2D eigenvalue weighted by Gasteiger charge is 2.25. The van der Waals surface area contributed by atoms with E-state index in [0.717, 1.165) is 12.2 Å². The Labute approximate surface area is 207 Å². The van der Waals surface area contributed by atoms with Gasteiger partial charge in [-0.15, -0.1) is 0 Å². The maximum Gasteiger partial charge on any atom is 0.0322 e. The number of nitrogens with two attached hydrogens (primary N) is 1. The second-order valence-corrected chi connectivity index (χ2v) is 10.3. The molecule has 3 rings (SSSR count). The summed E-state index contributed by atoms with van der Waals surface area (Å²) in [5.41, 5.74) is 10.8. The molecule has 0 aromatic heterocycles. The van der Waals surface area contributed by atoms with E-state index in [1.807, 2.05) is 11.8 Å². The van der Waals surface area contributed by atoms with E-state index in [-0.39, 0.29) is 0 Å². The van der Waals surface area contributed by atoms with Crippen molar-refractivity contribution in [2.75, 3.05) is 13.1 Å². The third-order valence-electron chi connectivity index (χ3n) is 6.30. The van der Waals surface area contributed by atoms with Gasteiger partial charge < -0.3 is 11.1 Å². The van der Waals surface area contributed by atoms with Crippen LogP contribution in [0.3, 0.4) is 0 Å². The zero-order chi connectivity index (χ0) is 23.9. The van der Waals surface area contributed by atoms with Crippen molar-refractivity contribution in [3.63, 3.8) is 0 Å². The van der Waals surface area contributed by atoms with Gasteiger partial charge in [0.25, 0.3) is 0 Å². The molecule has 0 saturated heterocycles. The lowest BCUT2D eigenvalue weighted by atomic mass is 9.86. The number of unbranched alkanes of at least 4 members (excludes halogenated alkanes) is 7. The predicted molar refractivity (Wildman–Crippen MR) is 147 cm³/mol. The molecular weight excluding hydrogens is 420 g/mol. The molecular formula is C30H46N2S. The van der Waals surface area contributed by atoms with Crippen LogP contribution in [0.1, 0.15) is 101 Å². The zero-order valence-electron chi connectivity index (χ0n) is 21.3. The summed E-state index contributed by atoms with van der Waals surface area (Å²) in [7, 11) is 0. The van der Waals surface area contributed by atoms with E-state index in [1.54, 1.807) is 0 Å². The molecule has 2 aromatic rings. The summed E-state index contributed by atoms with van der Waals surface area (Å²) in [5, 5.41) is 3.21. The van der Waals surface area contributed by atoms with Crippen molar-refractivity contribution in [2.45, 2.75) is 101 Å². The van der Waals surface area contributed by atoms with Gasteiger partial charge in [-0.1, -0.05) is 119 Å². The Morgan fingerprint density at radius 1 is 0.879 bits per heavy atom. The molecule has 2 nitrogen and oxygen atoms in total. The van der Waals surface area contributed by atoms with Gasteiger partial charge in [0.1, 0.15) is 0 Å². The second-order valence-electron chi connectivity index (χ2n) is 9.23. The molecule has 1 heterocycles. The number of fused-ring (bicyclic) bond motifs is 2. The molecule has 0 spiro atoms. The molecule has 2 aromatic carbocycles. The molecule has 0 aliphatic carbocycles. The molecule has 0 amide bonds. The second kappa shape index (κ2) is 16.0. The minimum Gasteiger partial charge on any atom is -0.388 e. The molecule has 182 valence electrons. The lowest BCUT2D eigenvalue weighted by Crippen LogP contribution is -2.20. The molecule has 1 atom stereocenters. The van der Waals surface area contributed by atoms with Crippen LogP contribution in [-0.2, 0) is 0 Å². The van der Waals surface area contributed by atoms with Crippen LogP contribution in [0.15, 0.2) is 64.5 Å².